The standard InChI is InChI=1S/C14H21N3S/c1-10(15)8-14-11(2)16-17(12(14)3)6-4-13-5-7-18-9-13/h5,7,9-10H,4,6,8,15H2,1-3H3. The maximum absolute atomic E-state index is 5.89. The Morgan fingerprint density at radius 1 is 1.44 bits per heavy atom. The number of rotatable bonds is 5. The quantitative estimate of drug-likeness (QED) is 0.901. The Hall–Kier alpha value is -1.13. The molecule has 2 N–H and O–H groups in total. The minimum Gasteiger partial charge on any atom is -0.328 e. The predicted molar refractivity (Wildman–Crippen MR) is 77.1 cm³/mol. The van der Waals surface area contributed by atoms with Crippen molar-refractivity contribution in [3.8, 4) is 0 Å². The van der Waals surface area contributed by atoms with Crippen LogP contribution < -0.4 is 5.73 Å². The van der Waals surface area contributed by atoms with Crippen molar-refractivity contribution in [2.75, 3.05) is 0 Å². The Bertz CT molecular complexity index is 497. The summed E-state index contributed by atoms with van der Waals surface area (Å²) in [4.78, 5) is 0. The monoisotopic (exact) mass is 263 g/mol. The van der Waals surface area contributed by atoms with Gasteiger partial charge in [-0.3, -0.25) is 4.68 Å². The number of hydrogen-bond donors (Lipinski definition) is 1. The van der Waals surface area contributed by atoms with Gasteiger partial charge in [0, 0.05) is 18.3 Å². The van der Waals surface area contributed by atoms with E-state index in [4.69, 9.17) is 5.73 Å². The molecule has 0 aromatic carbocycles. The predicted octanol–water partition coefficient (Wildman–Crippen LogP) is 2.69. The molecular formula is C14H21N3S. The van der Waals surface area contributed by atoms with Gasteiger partial charge < -0.3 is 5.73 Å². The van der Waals surface area contributed by atoms with Crippen LogP contribution in [0.1, 0.15) is 29.4 Å². The van der Waals surface area contributed by atoms with E-state index in [1.165, 1.54) is 16.8 Å². The Labute approximate surface area is 113 Å². The van der Waals surface area contributed by atoms with Gasteiger partial charge in [-0.25, -0.2) is 0 Å². The average molecular weight is 263 g/mol. The zero-order valence-electron chi connectivity index (χ0n) is 11.3. The highest BCUT2D eigenvalue weighted by molar-refractivity contribution is 7.07. The summed E-state index contributed by atoms with van der Waals surface area (Å²) < 4.78 is 2.12. The van der Waals surface area contributed by atoms with Gasteiger partial charge in [-0.15, -0.1) is 0 Å². The molecule has 1 unspecified atom stereocenters. The van der Waals surface area contributed by atoms with E-state index in [0.717, 1.165) is 25.1 Å². The zero-order chi connectivity index (χ0) is 13.1. The summed E-state index contributed by atoms with van der Waals surface area (Å²) in [5.74, 6) is 0. The summed E-state index contributed by atoms with van der Waals surface area (Å²) in [6, 6.07) is 2.37. The van der Waals surface area contributed by atoms with Gasteiger partial charge in [-0.2, -0.15) is 16.4 Å². The molecule has 2 aromatic heterocycles. The van der Waals surface area contributed by atoms with Gasteiger partial charge in [0.25, 0.3) is 0 Å². The SMILES string of the molecule is Cc1nn(CCc2ccsc2)c(C)c1CC(C)N. The fraction of sp³-hybridized carbons (Fsp3) is 0.500. The van der Waals surface area contributed by atoms with Crippen LogP contribution in [-0.4, -0.2) is 15.8 Å². The third-order valence-corrected chi connectivity index (χ3v) is 3.98. The summed E-state index contributed by atoms with van der Waals surface area (Å²) in [5.41, 5.74) is 11.0. The first kappa shape index (κ1) is 13.3. The van der Waals surface area contributed by atoms with Gasteiger partial charge in [-0.1, -0.05) is 0 Å². The molecule has 0 aliphatic heterocycles. The molecule has 0 saturated heterocycles. The second-order valence-corrected chi connectivity index (χ2v) is 5.72. The first-order chi connectivity index (χ1) is 8.58. The van der Waals surface area contributed by atoms with Crippen LogP contribution in [0.3, 0.4) is 0 Å². The van der Waals surface area contributed by atoms with Crippen LogP contribution in [0.15, 0.2) is 16.8 Å². The molecule has 1 atom stereocenters. The lowest BCUT2D eigenvalue weighted by atomic mass is 10.1. The molecule has 0 fully saturated rings. The Morgan fingerprint density at radius 2 is 2.22 bits per heavy atom. The topological polar surface area (TPSA) is 43.8 Å². The van der Waals surface area contributed by atoms with E-state index in [1.54, 1.807) is 11.3 Å². The number of aromatic nitrogens is 2. The van der Waals surface area contributed by atoms with E-state index in [0.29, 0.717) is 0 Å². The van der Waals surface area contributed by atoms with Gasteiger partial charge in [0.1, 0.15) is 0 Å². The lowest BCUT2D eigenvalue weighted by Gasteiger charge is -2.07. The molecule has 2 aromatic rings. The molecule has 0 saturated carbocycles. The molecular weight excluding hydrogens is 242 g/mol. The van der Waals surface area contributed by atoms with Crippen LogP contribution in [0.2, 0.25) is 0 Å². The molecule has 0 aliphatic carbocycles. The van der Waals surface area contributed by atoms with Crippen molar-refractivity contribution in [1.29, 1.82) is 0 Å². The Kier molecular flexibility index (Phi) is 4.19. The molecule has 98 valence electrons. The molecule has 4 heteroatoms. The van der Waals surface area contributed by atoms with Crippen molar-refractivity contribution >= 4 is 11.3 Å². The highest BCUT2D eigenvalue weighted by atomic mass is 32.1. The van der Waals surface area contributed by atoms with Crippen molar-refractivity contribution in [2.24, 2.45) is 5.73 Å². The Balaban J connectivity index is 2.09. The fourth-order valence-corrected chi connectivity index (χ4v) is 2.94. The molecule has 2 rings (SSSR count). The van der Waals surface area contributed by atoms with E-state index in [9.17, 15) is 0 Å². The summed E-state index contributed by atoms with van der Waals surface area (Å²) >= 11 is 1.75. The third kappa shape index (κ3) is 3.00. The van der Waals surface area contributed by atoms with Crippen molar-refractivity contribution in [1.82, 2.24) is 9.78 Å². The zero-order valence-corrected chi connectivity index (χ0v) is 12.1. The van der Waals surface area contributed by atoms with Gasteiger partial charge in [0.05, 0.1) is 5.69 Å². The largest absolute Gasteiger partial charge is 0.328 e. The second kappa shape index (κ2) is 5.67. The number of hydrogen-bond acceptors (Lipinski definition) is 3. The summed E-state index contributed by atoms with van der Waals surface area (Å²) in [7, 11) is 0. The van der Waals surface area contributed by atoms with Gasteiger partial charge in [0.15, 0.2) is 0 Å². The van der Waals surface area contributed by atoms with Crippen LogP contribution in [0.5, 0.6) is 0 Å². The fourth-order valence-electron chi connectivity index (χ4n) is 2.24. The molecule has 0 amide bonds. The first-order valence-electron chi connectivity index (χ1n) is 6.37. The normalized spacial score (nSPS) is 12.9. The molecule has 18 heavy (non-hydrogen) atoms. The summed E-state index contributed by atoms with van der Waals surface area (Å²) in [6.45, 7) is 7.21. The second-order valence-electron chi connectivity index (χ2n) is 4.94. The molecule has 3 nitrogen and oxygen atoms in total. The minimum absolute atomic E-state index is 0.192. The highest BCUT2D eigenvalue weighted by Crippen LogP contribution is 2.16. The maximum atomic E-state index is 5.89. The highest BCUT2D eigenvalue weighted by Gasteiger charge is 2.12. The van der Waals surface area contributed by atoms with Crippen molar-refractivity contribution in [3.63, 3.8) is 0 Å². The number of thiophene rings is 1. The van der Waals surface area contributed by atoms with Crippen LogP contribution in [0.25, 0.3) is 0 Å². The van der Waals surface area contributed by atoms with Gasteiger partial charge >= 0.3 is 0 Å². The maximum Gasteiger partial charge on any atom is 0.0629 e. The molecule has 0 radical (unpaired) electrons. The van der Waals surface area contributed by atoms with Crippen molar-refractivity contribution in [3.05, 3.63) is 39.3 Å². The van der Waals surface area contributed by atoms with Crippen molar-refractivity contribution < 1.29 is 0 Å². The number of nitrogens with two attached hydrogens (primary N) is 1. The van der Waals surface area contributed by atoms with E-state index >= 15 is 0 Å². The first-order valence-corrected chi connectivity index (χ1v) is 7.31. The third-order valence-electron chi connectivity index (χ3n) is 3.25. The molecule has 0 spiro atoms. The van der Waals surface area contributed by atoms with Crippen molar-refractivity contribution in [2.45, 2.75) is 46.2 Å². The Morgan fingerprint density at radius 3 is 2.83 bits per heavy atom. The molecule has 2 heterocycles. The smallest absolute Gasteiger partial charge is 0.0629 e. The minimum atomic E-state index is 0.192. The van der Waals surface area contributed by atoms with E-state index in [-0.39, 0.29) is 6.04 Å². The number of nitrogens with zero attached hydrogens (tertiary/aromatic N) is 2. The van der Waals surface area contributed by atoms with Crippen LogP contribution in [0, 0.1) is 13.8 Å². The lowest BCUT2D eigenvalue weighted by Crippen LogP contribution is -2.18. The van der Waals surface area contributed by atoms with Gasteiger partial charge in [-0.05, 0) is 61.6 Å². The lowest BCUT2D eigenvalue weighted by molar-refractivity contribution is 0.593. The van der Waals surface area contributed by atoms with E-state index < -0.39 is 0 Å². The average Bonchev–Trinajstić information content (AvgIpc) is 2.90. The van der Waals surface area contributed by atoms with Crippen LogP contribution in [-0.2, 0) is 19.4 Å². The summed E-state index contributed by atoms with van der Waals surface area (Å²) in [6.07, 6.45) is 1.96. The van der Waals surface area contributed by atoms with E-state index in [1.807, 2.05) is 6.92 Å². The van der Waals surface area contributed by atoms with E-state index in [2.05, 4.69) is 40.5 Å². The van der Waals surface area contributed by atoms with Crippen LogP contribution >= 0.6 is 11.3 Å². The molecule has 0 aliphatic rings. The van der Waals surface area contributed by atoms with Gasteiger partial charge in [0.2, 0.25) is 0 Å². The summed E-state index contributed by atoms with van der Waals surface area (Å²) in [5, 5.41) is 8.95. The van der Waals surface area contributed by atoms with Crippen LogP contribution in [0.4, 0.5) is 0 Å². The number of aryl methyl sites for hydroxylation is 3. The molecule has 0 bridgehead atoms.